The molecule has 0 bridgehead atoms. The second kappa shape index (κ2) is 7.36. The first kappa shape index (κ1) is 15.7. The van der Waals surface area contributed by atoms with Crippen molar-refractivity contribution in [2.24, 2.45) is 0 Å². The highest BCUT2D eigenvalue weighted by molar-refractivity contribution is 6.35. The standard InChI is InChI=1S/C17H15Cl2NO/c1-2-21-16-7-4-12(5-8-16)14(11-20)9-13-3-6-15(18)10-17(13)19/h3-8,10,14H,2,9H2,1H3. The molecular weight excluding hydrogens is 305 g/mol. The fourth-order valence-electron chi connectivity index (χ4n) is 2.11. The molecule has 2 aromatic carbocycles. The highest BCUT2D eigenvalue weighted by Crippen LogP contribution is 2.28. The molecule has 1 atom stereocenters. The summed E-state index contributed by atoms with van der Waals surface area (Å²) in [5.74, 6) is 0.557. The lowest BCUT2D eigenvalue weighted by molar-refractivity contribution is 0.340. The van der Waals surface area contributed by atoms with E-state index in [2.05, 4.69) is 6.07 Å². The topological polar surface area (TPSA) is 33.0 Å². The van der Waals surface area contributed by atoms with Crippen LogP contribution in [-0.4, -0.2) is 6.61 Å². The normalized spacial score (nSPS) is 11.7. The monoisotopic (exact) mass is 319 g/mol. The van der Waals surface area contributed by atoms with Crippen LogP contribution in [0.1, 0.15) is 24.0 Å². The highest BCUT2D eigenvalue weighted by Gasteiger charge is 2.14. The van der Waals surface area contributed by atoms with Crippen LogP contribution in [0.5, 0.6) is 5.75 Å². The summed E-state index contributed by atoms with van der Waals surface area (Å²) in [6, 6.07) is 15.3. The second-order valence-electron chi connectivity index (χ2n) is 4.62. The van der Waals surface area contributed by atoms with E-state index in [1.165, 1.54) is 0 Å². The molecule has 0 aromatic heterocycles. The summed E-state index contributed by atoms with van der Waals surface area (Å²) in [7, 11) is 0. The number of ether oxygens (including phenoxy) is 1. The molecule has 2 aromatic rings. The average Bonchev–Trinajstić information content (AvgIpc) is 2.48. The van der Waals surface area contributed by atoms with E-state index in [9.17, 15) is 5.26 Å². The third-order valence-electron chi connectivity index (χ3n) is 3.19. The lowest BCUT2D eigenvalue weighted by Crippen LogP contribution is -2.01. The lowest BCUT2D eigenvalue weighted by Gasteiger charge is -2.12. The van der Waals surface area contributed by atoms with E-state index in [-0.39, 0.29) is 5.92 Å². The Morgan fingerprint density at radius 1 is 1.14 bits per heavy atom. The number of hydrogen-bond donors (Lipinski definition) is 0. The molecule has 0 aliphatic carbocycles. The Hall–Kier alpha value is -1.69. The fraction of sp³-hybridized carbons (Fsp3) is 0.235. The van der Waals surface area contributed by atoms with Crippen LogP contribution in [0.3, 0.4) is 0 Å². The smallest absolute Gasteiger partial charge is 0.119 e. The first-order chi connectivity index (χ1) is 10.1. The van der Waals surface area contributed by atoms with Gasteiger partial charge in [-0.05, 0) is 48.7 Å². The molecule has 0 amide bonds. The van der Waals surface area contributed by atoms with Crippen LogP contribution >= 0.6 is 23.2 Å². The van der Waals surface area contributed by atoms with Crippen molar-refractivity contribution >= 4 is 23.2 Å². The first-order valence-corrected chi connectivity index (χ1v) is 7.46. The number of nitriles is 1. The van der Waals surface area contributed by atoms with Gasteiger partial charge in [0.15, 0.2) is 0 Å². The molecule has 2 rings (SSSR count). The van der Waals surface area contributed by atoms with Crippen LogP contribution in [0.25, 0.3) is 0 Å². The minimum atomic E-state index is -0.251. The number of rotatable bonds is 5. The Labute approximate surface area is 134 Å². The van der Waals surface area contributed by atoms with Crippen molar-refractivity contribution in [1.82, 2.24) is 0 Å². The third kappa shape index (κ3) is 4.14. The van der Waals surface area contributed by atoms with Crippen LogP contribution in [0.15, 0.2) is 42.5 Å². The Morgan fingerprint density at radius 2 is 1.86 bits per heavy atom. The molecule has 2 nitrogen and oxygen atoms in total. The molecule has 0 saturated carbocycles. The van der Waals surface area contributed by atoms with Crippen molar-refractivity contribution < 1.29 is 4.74 Å². The van der Waals surface area contributed by atoms with E-state index < -0.39 is 0 Å². The number of hydrogen-bond acceptors (Lipinski definition) is 2. The Kier molecular flexibility index (Phi) is 5.50. The first-order valence-electron chi connectivity index (χ1n) is 6.70. The molecule has 4 heteroatoms. The summed E-state index contributed by atoms with van der Waals surface area (Å²) in [5, 5.41) is 10.6. The second-order valence-corrected chi connectivity index (χ2v) is 5.47. The quantitative estimate of drug-likeness (QED) is 0.754. The van der Waals surface area contributed by atoms with E-state index in [4.69, 9.17) is 27.9 Å². The third-order valence-corrected chi connectivity index (χ3v) is 3.78. The zero-order chi connectivity index (χ0) is 15.2. The summed E-state index contributed by atoms with van der Waals surface area (Å²) in [6.07, 6.45) is 0.556. The maximum absolute atomic E-state index is 9.41. The molecule has 0 spiro atoms. The molecule has 21 heavy (non-hydrogen) atoms. The number of benzene rings is 2. The van der Waals surface area contributed by atoms with Crippen molar-refractivity contribution in [2.45, 2.75) is 19.3 Å². The Balaban J connectivity index is 2.18. The van der Waals surface area contributed by atoms with Gasteiger partial charge in [-0.1, -0.05) is 41.4 Å². The molecule has 108 valence electrons. The highest BCUT2D eigenvalue weighted by atomic mass is 35.5. The van der Waals surface area contributed by atoms with Crippen molar-refractivity contribution in [2.75, 3.05) is 6.61 Å². The zero-order valence-corrected chi connectivity index (χ0v) is 13.2. The van der Waals surface area contributed by atoms with E-state index in [0.29, 0.717) is 23.1 Å². The Morgan fingerprint density at radius 3 is 2.43 bits per heavy atom. The lowest BCUT2D eigenvalue weighted by atomic mass is 9.93. The molecule has 0 fully saturated rings. The van der Waals surface area contributed by atoms with Gasteiger partial charge in [0.1, 0.15) is 5.75 Å². The predicted octanol–water partition coefficient (Wildman–Crippen LogP) is 5.24. The van der Waals surface area contributed by atoms with Gasteiger partial charge in [0.2, 0.25) is 0 Å². The van der Waals surface area contributed by atoms with Gasteiger partial charge in [-0.25, -0.2) is 0 Å². The van der Waals surface area contributed by atoms with Gasteiger partial charge in [-0.3, -0.25) is 0 Å². The van der Waals surface area contributed by atoms with Gasteiger partial charge >= 0.3 is 0 Å². The summed E-state index contributed by atoms with van der Waals surface area (Å²) >= 11 is 12.1. The maximum Gasteiger partial charge on any atom is 0.119 e. The molecule has 0 N–H and O–H groups in total. The van der Waals surface area contributed by atoms with E-state index in [1.807, 2.05) is 37.3 Å². The zero-order valence-electron chi connectivity index (χ0n) is 11.6. The average molecular weight is 320 g/mol. The SMILES string of the molecule is CCOc1ccc(C(C#N)Cc2ccc(Cl)cc2Cl)cc1. The molecule has 0 saturated heterocycles. The van der Waals surface area contributed by atoms with Crippen LogP contribution in [0.4, 0.5) is 0 Å². The molecule has 0 radical (unpaired) electrons. The molecule has 1 unspecified atom stereocenters. The van der Waals surface area contributed by atoms with Gasteiger partial charge in [0.05, 0.1) is 18.6 Å². The van der Waals surface area contributed by atoms with E-state index in [0.717, 1.165) is 16.9 Å². The van der Waals surface area contributed by atoms with E-state index in [1.54, 1.807) is 12.1 Å². The summed E-state index contributed by atoms with van der Waals surface area (Å²) in [6.45, 7) is 2.57. The minimum Gasteiger partial charge on any atom is -0.494 e. The van der Waals surface area contributed by atoms with Gasteiger partial charge in [-0.2, -0.15) is 5.26 Å². The van der Waals surface area contributed by atoms with E-state index >= 15 is 0 Å². The number of nitrogens with zero attached hydrogens (tertiary/aromatic N) is 1. The van der Waals surface area contributed by atoms with Gasteiger partial charge in [0.25, 0.3) is 0 Å². The minimum absolute atomic E-state index is 0.251. The Bertz CT molecular complexity index is 647. The molecule has 0 aliphatic heterocycles. The summed E-state index contributed by atoms with van der Waals surface area (Å²) in [5.41, 5.74) is 1.87. The van der Waals surface area contributed by atoms with Crippen molar-refractivity contribution in [3.05, 3.63) is 63.6 Å². The fourth-order valence-corrected chi connectivity index (χ4v) is 2.59. The van der Waals surface area contributed by atoms with Gasteiger partial charge < -0.3 is 4.74 Å². The predicted molar refractivity (Wildman–Crippen MR) is 86.1 cm³/mol. The van der Waals surface area contributed by atoms with Crippen molar-refractivity contribution in [3.8, 4) is 11.8 Å². The van der Waals surface area contributed by atoms with Crippen LogP contribution in [0, 0.1) is 11.3 Å². The van der Waals surface area contributed by atoms with Crippen molar-refractivity contribution in [3.63, 3.8) is 0 Å². The van der Waals surface area contributed by atoms with Crippen LogP contribution < -0.4 is 4.74 Å². The maximum atomic E-state index is 9.41. The molecule has 0 aliphatic rings. The summed E-state index contributed by atoms with van der Waals surface area (Å²) < 4.78 is 5.41. The molecular formula is C17H15Cl2NO. The van der Waals surface area contributed by atoms with Gasteiger partial charge in [0, 0.05) is 10.0 Å². The van der Waals surface area contributed by atoms with Gasteiger partial charge in [-0.15, -0.1) is 0 Å². The number of halogens is 2. The van der Waals surface area contributed by atoms with Crippen LogP contribution in [0.2, 0.25) is 10.0 Å². The van der Waals surface area contributed by atoms with Crippen molar-refractivity contribution in [1.29, 1.82) is 5.26 Å². The molecule has 0 heterocycles. The van der Waals surface area contributed by atoms with Crippen LogP contribution in [-0.2, 0) is 6.42 Å². The summed E-state index contributed by atoms with van der Waals surface area (Å²) in [4.78, 5) is 0. The largest absolute Gasteiger partial charge is 0.494 e.